The Balaban J connectivity index is 2.62. The second-order valence-electron chi connectivity index (χ2n) is 4.59. The van der Waals surface area contributed by atoms with Crippen molar-refractivity contribution in [1.29, 1.82) is 0 Å². The van der Waals surface area contributed by atoms with Crippen LogP contribution in [-0.4, -0.2) is 48.7 Å². The van der Waals surface area contributed by atoms with Gasteiger partial charge in [0.15, 0.2) is 6.04 Å². The number of nitrogens with one attached hydrogen (secondary N) is 2. The number of hydrogen-bond acceptors (Lipinski definition) is 3. The second kappa shape index (κ2) is 8.49. The molecule has 0 fully saturated rings. The number of hydrogen-bond donors (Lipinski definition) is 3. The topological polar surface area (TPSA) is 81.7 Å². The minimum atomic E-state index is -1.18. The Morgan fingerprint density at radius 1 is 1.38 bits per heavy atom. The van der Waals surface area contributed by atoms with Crippen LogP contribution in [0.25, 0.3) is 0 Å². The van der Waals surface area contributed by atoms with Crippen molar-refractivity contribution in [3.63, 3.8) is 0 Å². The molecule has 0 aliphatic rings. The van der Waals surface area contributed by atoms with Crippen LogP contribution >= 0.6 is 11.6 Å². The first kappa shape index (κ1) is 17.3. The molecule has 1 aromatic carbocycles. The van der Waals surface area contributed by atoms with Crippen LogP contribution in [0.2, 0.25) is 5.02 Å². The SMILES string of the molecule is CCN(C)CCNC(=O)N[C@@H](C(=O)O)c1ccccc1Cl. The molecule has 2 amide bonds. The van der Waals surface area contributed by atoms with Crippen molar-refractivity contribution in [3.05, 3.63) is 34.9 Å². The van der Waals surface area contributed by atoms with Crippen LogP contribution in [0.4, 0.5) is 4.79 Å². The van der Waals surface area contributed by atoms with E-state index in [1.54, 1.807) is 24.3 Å². The third-order valence-electron chi connectivity index (χ3n) is 3.06. The number of urea groups is 1. The van der Waals surface area contributed by atoms with Crippen LogP contribution in [0.1, 0.15) is 18.5 Å². The highest BCUT2D eigenvalue weighted by molar-refractivity contribution is 6.31. The quantitative estimate of drug-likeness (QED) is 0.716. The zero-order chi connectivity index (χ0) is 15.8. The lowest BCUT2D eigenvalue weighted by atomic mass is 10.1. The minimum Gasteiger partial charge on any atom is -0.479 e. The number of aliphatic carboxylic acids is 1. The van der Waals surface area contributed by atoms with Gasteiger partial charge in [-0.1, -0.05) is 36.7 Å². The maximum Gasteiger partial charge on any atom is 0.331 e. The highest BCUT2D eigenvalue weighted by Crippen LogP contribution is 2.22. The van der Waals surface area contributed by atoms with Gasteiger partial charge in [0.1, 0.15) is 0 Å². The van der Waals surface area contributed by atoms with E-state index in [0.29, 0.717) is 23.7 Å². The van der Waals surface area contributed by atoms with E-state index in [2.05, 4.69) is 10.6 Å². The van der Waals surface area contributed by atoms with Gasteiger partial charge in [0.05, 0.1) is 0 Å². The molecule has 0 aliphatic carbocycles. The number of nitrogens with zero attached hydrogens (tertiary/aromatic N) is 1. The summed E-state index contributed by atoms with van der Waals surface area (Å²) in [6.45, 7) is 4.01. The summed E-state index contributed by atoms with van der Waals surface area (Å²) >= 11 is 5.97. The summed E-state index contributed by atoms with van der Waals surface area (Å²) < 4.78 is 0. The summed E-state index contributed by atoms with van der Waals surface area (Å²) in [6, 6.07) is 4.82. The van der Waals surface area contributed by atoms with Crippen molar-refractivity contribution in [2.24, 2.45) is 0 Å². The van der Waals surface area contributed by atoms with Gasteiger partial charge in [-0.3, -0.25) is 0 Å². The van der Waals surface area contributed by atoms with E-state index in [-0.39, 0.29) is 0 Å². The van der Waals surface area contributed by atoms with Gasteiger partial charge in [0.25, 0.3) is 0 Å². The van der Waals surface area contributed by atoms with Gasteiger partial charge in [-0.05, 0) is 19.7 Å². The van der Waals surface area contributed by atoms with Crippen LogP contribution in [0.5, 0.6) is 0 Å². The first-order valence-corrected chi connectivity index (χ1v) is 7.03. The Morgan fingerprint density at radius 2 is 2.05 bits per heavy atom. The summed E-state index contributed by atoms with van der Waals surface area (Å²) in [5.41, 5.74) is 0.354. The molecular formula is C14H20ClN3O3. The van der Waals surface area contributed by atoms with Gasteiger partial charge in [-0.15, -0.1) is 0 Å². The van der Waals surface area contributed by atoms with Crippen LogP contribution in [0.3, 0.4) is 0 Å². The summed E-state index contributed by atoms with van der Waals surface area (Å²) in [4.78, 5) is 25.1. The zero-order valence-electron chi connectivity index (χ0n) is 12.1. The molecule has 0 saturated carbocycles. The predicted molar refractivity (Wildman–Crippen MR) is 81.5 cm³/mol. The molecule has 3 N–H and O–H groups in total. The van der Waals surface area contributed by atoms with E-state index in [1.807, 2.05) is 18.9 Å². The van der Waals surface area contributed by atoms with E-state index in [0.717, 1.165) is 6.54 Å². The number of likely N-dealkylation sites (N-methyl/N-ethyl adjacent to an activating group) is 1. The minimum absolute atomic E-state index is 0.302. The molecule has 6 nitrogen and oxygen atoms in total. The van der Waals surface area contributed by atoms with Gasteiger partial charge in [0, 0.05) is 23.7 Å². The van der Waals surface area contributed by atoms with Crippen molar-refractivity contribution in [2.45, 2.75) is 13.0 Å². The molecule has 1 aromatic rings. The maximum atomic E-state index is 11.8. The fourth-order valence-electron chi connectivity index (χ4n) is 1.68. The lowest BCUT2D eigenvalue weighted by Gasteiger charge is -2.18. The molecule has 116 valence electrons. The molecule has 0 radical (unpaired) electrons. The van der Waals surface area contributed by atoms with Crippen molar-refractivity contribution in [3.8, 4) is 0 Å². The molecule has 7 heteroatoms. The molecule has 21 heavy (non-hydrogen) atoms. The first-order chi connectivity index (χ1) is 9.95. The van der Waals surface area contributed by atoms with Gasteiger partial charge < -0.3 is 20.6 Å². The summed E-state index contributed by atoms with van der Waals surface area (Å²) in [5, 5.41) is 14.6. The van der Waals surface area contributed by atoms with Crippen LogP contribution < -0.4 is 10.6 Å². The Morgan fingerprint density at radius 3 is 2.62 bits per heavy atom. The average Bonchev–Trinajstić information content (AvgIpc) is 2.45. The normalized spacial score (nSPS) is 12.0. The second-order valence-corrected chi connectivity index (χ2v) is 5.00. The summed E-state index contributed by atoms with van der Waals surface area (Å²) in [7, 11) is 1.93. The first-order valence-electron chi connectivity index (χ1n) is 6.65. The third kappa shape index (κ3) is 5.61. The summed E-state index contributed by atoms with van der Waals surface area (Å²) in [6.07, 6.45) is 0. The van der Waals surface area contributed by atoms with E-state index < -0.39 is 18.0 Å². The number of amides is 2. The van der Waals surface area contributed by atoms with Crippen molar-refractivity contribution >= 4 is 23.6 Å². The number of carboxylic acids is 1. The molecule has 0 saturated heterocycles. The van der Waals surface area contributed by atoms with Crippen molar-refractivity contribution < 1.29 is 14.7 Å². The molecular weight excluding hydrogens is 294 g/mol. The van der Waals surface area contributed by atoms with E-state index in [1.165, 1.54) is 0 Å². The summed E-state index contributed by atoms with van der Waals surface area (Å²) in [5.74, 6) is -1.16. The zero-order valence-corrected chi connectivity index (χ0v) is 12.9. The Bertz CT molecular complexity index is 496. The molecule has 0 heterocycles. The van der Waals surface area contributed by atoms with Gasteiger partial charge in [0.2, 0.25) is 0 Å². The number of carbonyl (C=O) groups excluding carboxylic acids is 1. The van der Waals surface area contributed by atoms with Crippen molar-refractivity contribution in [1.82, 2.24) is 15.5 Å². The largest absolute Gasteiger partial charge is 0.479 e. The van der Waals surface area contributed by atoms with Crippen molar-refractivity contribution in [2.75, 3.05) is 26.7 Å². The molecule has 0 bridgehead atoms. The van der Waals surface area contributed by atoms with E-state index in [4.69, 9.17) is 11.6 Å². The lowest BCUT2D eigenvalue weighted by Crippen LogP contribution is -2.43. The predicted octanol–water partition coefficient (Wildman–Crippen LogP) is 1.72. The fourth-order valence-corrected chi connectivity index (χ4v) is 1.93. The number of halogens is 1. The Labute approximate surface area is 129 Å². The average molecular weight is 314 g/mol. The Kier molecular flexibility index (Phi) is 6.98. The number of carbonyl (C=O) groups is 2. The number of rotatable bonds is 7. The standard InChI is InChI=1S/C14H20ClN3O3/c1-3-18(2)9-8-16-14(21)17-12(13(19)20)10-6-4-5-7-11(10)15/h4-7,12H,3,8-9H2,1-2H3,(H,19,20)(H2,16,17,21)/t12-/m1/s1. The maximum absolute atomic E-state index is 11.8. The van der Waals surface area contributed by atoms with Crippen LogP contribution in [-0.2, 0) is 4.79 Å². The fraction of sp³-hybridized carbons (Fsp3) is 0.429. The highest BCUT2D eigenvalue weighted by Gasteiger charge is 2.23. The smallest absolute Gasteiger partial charge is 0.331 e. The lowest BCUT2D eigenvalue weighted by molar-refractivity contribution is -0.139. The van der Waals surface area contributed by atoms with E-state index in [9.17, 15) is 14.7 Å². The van der Waals surface area contributed by atoms with E-state index >= 15 is 0 Å². The number of carboxylic acid groups (broad SMARTS) is 1. The van der Waals surface area contributed by atoms with Gasteiger partial charge >= 0.3 is 12.0 Å². The molecule has 1 atom stereocenters. The molecule has 1 rings (SSSR count). The molecule has 0 unspecified atom stereocenters. The monoisotopic (exact) mass is 313 g/mol. The van der Waals surface area contributed by atoms with Crippen LogP contribution in [0, 0.1) is 0 Å². The molecule has 0 aliphatic heterocycles. The molecule has 0 aromatic heterocycles. The van der Waals surface area contributed by atoms with Gasteiger partial charge in [-0.2, -0.15) is 0 Å². The molecule has 0 spiro atoms. The third-order valence-corrected chi connectivity index (χ3v) is 3.40. The Hall–Kier alpha value is -1.79. The highest BCUT2D eigenvalue weighted by atomic mass is 35.5. The van der Waals surface area contributed by atoms with Crippen LogP contribution in [0.15, 0.2) is 24.3 Å². The number of benzene rings is 1. The van der Waals surface area contributed by atoms with Gasteiger partial charge in [-0.25, -0.2) is 9.59 Å².